The second kappa shape index (κ2) is 13.8. The molecule has 0 saturated heterocycles. The average Bonchev–Trinajstić information content (AvgIpc) is 3.53. The van der Waals surface area contributed by atoms with E-state index in [4.69, 9.17) is 15.0 Å². The minimum atomic E-state index is 0. The molecular weight excluding hydrogens is 685 g/mol. The Hall–Kier alpha value is -5.55. The number of para-hydroxylation sites is 2. The Morgan fingerprint density at radius 1 is 0.440 bits per heavy atom. The minimum absolute atomic E-state index is 0. The van der Waals surface area contributed by atoms with Crippen LogP contribution in [0.3, 0.4) is 0 Å². The topological polar surface area (TPSA) is 43.6 Å². The molecule has 2 heterocycles. The fourth-order valence-corrected chi connectivity index (χ4v) is 6.60. The van der Waals surface area contributed by atoms with E-state index in [-0.39, 0.29) is 32.7 Å². The predicted octanol–water partition coefficient (Wildman–Crippen LogP) is 10.9. The fraction of sp³-hybridized carbons (Fsp3) is 0. The normalized spacial score (nSPS) is 11.0. The Labute approximate surface area is 316 Å². The molecule has 50 heavy (non-hydrogen) atoms. The molecule has 0 aliphatic rings. The Balaban J connectivity index is 0.00000361. The van der Waals surface area contributed by atoms with Gasteiger partial charge in [0, 0.05) is 54.6 Å². The quantitative estimate of drug-likeness (QED) is 0.161. The number of rotatable bonds is 6. The molecular formula is C45H28N4Y-2. The molecule has 0 bridgehead atoms. The largest absolute Gasteiger partial charge is 0.327 e. The SMILES string of the molecule is [Y].[c-]1ccccc1-c1[c-]c(-n2c3ccccc3c3ccccc32)c(-c2nc(-c3ccccc3)nc(-c3ccccc3)n2)c(-c2ccccc2)c1. The van der Waals surface area contributed by atoms with Crippen molar-refractivity contribution in [2.45, 2.75) is 0 Å². The van der Waals surface area contributed by atoms with Gasteiger partial charge in [0.05, 0.1) is 11.0 Å². The zero-order valence-electron chi connectivity index (χ0n) is 27.0. The summed E-state index contributed by atoms with van der Waals surface area (Å²) in [5.74, 6) is 1.79. The van der Waals surface area contributed by atoms with E-state index < -0.39 is 0 Å². The second-order valence-corrected chi connectivity index (χ2v) is 11.9. The van der Waals surface area contributed by atoms with E-state index in [0.717, 1.165) is 55.7 Å². The van der Waals surface area contributed by atoms with Crippen LogP contribution in [0.1, 0.15) is 0 Å². The van der Waals surface area contributed by atoms with Crippen molar-refractivity contribution in [2.75, 3.05) is 0 Å². The molecule has 2 aromatic heterocycles. The smallest absolute Gasteiger partial charge is 0.163 e. The van der Waals surface area contributed by atoms with Crippen molar-refractivity contribution in [3.8, 4) is 62.1 Å². The van der Waals surface area contributed by atoms with Crippen LogP contribution in [0.15, 0.2) is 170 Å². The van der Waals surface area contributed by atoms with Crippen LogP contribution in [-0.2, 0) is 32.7 Å². The van der Waals surface area contributed by atoms with Gasteiger partial charge >= 0.3 is 0 Å². The van der Waals surface area contributed by atoms with Crippen LogP contribution in [0.2, 0.25) is 0 Å². The van der Waals surface area contributed by atoms with Crippen molar-refractivity contribution < 1.29 is 32.7 Å². The molecule has 5 heteroatoms. The summed E-state index contributed by atoms with van der Waals surface area (Å²) in [4.78, 5) is 15.5. The van der Waals surface area contributed by atoms with Crippen LogP contribution < -0.4 is 0 Å². The molecule has 9 rings (SSSR count). The van der Waals surface area contributed by atoms with Gasteiger partial charge in [-0.2, -0.15) is 36.4 Å². The van der Waals surface area contributed by atoms with Gasteiger partial charge in [-0.05, 0) is 28.9 Å². The van der Waals surface area contributed by atoms with Gasteiger partial charge < -0.3 is 4.57 Å². The summed E-state index contributed by atoms with van der Waals surface area (Å²) >= 11 is 0. The number of hydrogen-bond donors (Lipinski definition) is 0. The molecule has 0 aliphatic heterocycles. The summed E-state index contributed by atoms with van der Waals surface area (Å²) in [6.45, 7) is 0. The summed E-state index contributed by atoms with van der Waals surface area (Å²) in [6.07, 6.45) is 0. The maximum Gasteiger partial charge on any atom is 0.163 e. The molecule has 0 N–H and O–H groups in total. The van der Waals surface area contributed by atoms with Crippen molar-refractivity contribution in [1.82, 2.24) is 19.5 Å². The first kappa shape index (κ1) is 31.7. The second-order valence-electron chi connectivity index (χ2n) is 11.9. The Bertz CT molecular complexity index is 2470. The van der Waals surface area contributed by atoms with Crippen molar-refractivity contribution in [1.29, 1.82) is 0 Å². The molecule has 0 aliphatic carbocycles. The van der Waals surface area contributed by atoms with Crippen LogP contribution in [0.25, 0.3) is 83.9 Å². The molecule has 4 nitrogen and oxygen atoms in total. The maximum absolute atomic E-state index is 5.26. The van der Waals surface area contributed by atoms with E-state index in [1.807, 2.05) is 84.9 Å². The number of benzene rings is 7. The summed E-state index contributed by atoms with van der Waals surface area (Å²) < 4.78 is 2.31. The molecule has 233 valence electrons. The van der Waals surface area contributed by atoms with Gasteiger partial charge in [0.2, 0.25) is 0 Å². The Morgan fingerprint density at radius 2 is 0.920 bits per heavy atom. The van der Waals surface area contributed by atoms with Gasteiger partial charge in [0.1, 0.15) is 5.82 Å². The number of hydrogen-bond acceptors (Lipinski definition) is 3. The zero-order valence-corrected chi connectivity index (χ0v) is 29.9. The zero-order chi connectivity index (χ0) is 32.6. The third-order valence-electron chi connectivity index (χ3n) is 8.86. The molecule has 0 fully saturated rings. The molecule has 0 spiro atoms. The number of fused-ring (bicyclic) bond motifs is 3. The summed E-state index contributed by atoms with van der Waals surface area (Å²) in [6, 6.07) is 65.4. The van der Waals surface area contributed by atoms with Gasteiger partial charge in [-0.1, -0.05) is 133 Å². The number of aromatic nitrogens is 4. The van der Waals surface area contributed by atoms with Crippen molar-refractivity contribution >= 4 is 21.8 Å². The molecule has 0 unspecified atom stereocenters. The monoisotopic (exact) mass is 713 g/mol. The molecule has 0 saturated carbocycles. The first-order chi connectivity index (χ1) is 24.3. The van der Waals surface area contributed by atoms with Crippen LogP contribution in [-0.4, -0.2) is 19.5 Å². The van der Waals surface area contributed by atoms with E-state index in [9.17, 15) is 0 Å². The Kier molecular flexibility index (Phi) is 8.72. The molecule has 0 atom stereocenters. The van der Waals surface area contributed by atoms with Crippen molar-refractivity contribution in [3.05, 3.63) is 182 Å². The van der Waals surface area contributed by atoms with Crippen molar-refractivity contribution in [2.24, 2.45) is 0 Å². The summed E-state index contributed by atoms with van der Waals surface area (Å²) in [5, 5.41) is 2.34. The van der Waals surface area contributed by atoms with Crippen LogP contribution >= 0.6 is 0 Å². The van der Waals surface area contributed by atoms with Gasteiger partial charge in [0.25, 0.3) is 0 Å². The molecule has 1 radical (unpaired) electrons. The van der Waals surface area contributed by atoms with E-state index >= 15 is 0 Å². The summed E-state index contributed by atoms with van der Waals surface area (Å²) in [7, 11) is 0. The first-order valence-corrected chi connectivity index (χ1v) is 16.3. The maximum atomic E-state index is 5.26. The van der Waals surface area contributed by atoms with E-state index in [1.165, 1.54) is 10.8 Å². The standard InChI is InChI=1S/C45H28N4.Y/c1-5-17-31(18-6-1)35-29-38(32-19-7-2-8-20-32)42(41(30-35)49-39-27-15-13-25-36(39)37-26-14-16-28-40(37)49)45-47-43(33-21-9-3-10-22-33)46-44(48-45)34-23-11-4-12-24-34;/h1-17,19-29H;/q-2;. The first-order valence-electron chi connectivity index (χ1n) is 16.3. The van der Waals surface area contributed by atoms with Crippen molar-refractivity contribution in [3.63, 3.8) is 0 Å². The van der Waals surface area contributed by atoms with E-state index in [2.05, 4.69) is 102 Å². The third kappa shape index (κ3) is 5.77. The van der Waals surface area contributed by atoms with Crippen LogP contribution in [0.4, 0.5) is 0 Å². The molecule has 7 aromatic carbocycles. The fourth-order valence-electron chi connectivity index (χ4n) is 6.60. The van der Waals surface area contributed by atoms with E-state index in [1.54, 1.807) is 0 Å². The number of nitrogens with zero attached hydrogens (tertiary/aromatic N) is 4. The minimum Gasteiger partial charge on any atom is -0.327 e. The van der Waals surface area contributed by atoms with Crippen LogP contribution in [0.5, 0.6) is 0 Å². The third-order valence-corrected chi connectivity index (χ3v) is 8.86. The predicted molar refractivity (Wildman–Crippen MR) is 199 cm³/mol. The average molecular weight is 714 g/mol. The van der Waals surface area contributed by atoms with Gasteiger partial charge in [-0.15, -0.1) is 6.07 Å². The van der Waals surface area contributed by atoms with E-state index in [0.29, 0.717) is 17.5 Å². The molecule has 9 aromatic rings. The summed E-state index contributed by atoms with van der Waals surface area (Å²) in [5.41, 5.74) is 9.65. The van der Waals surface area contributed by atoms with Gasteiger partial charge in [-0.3, -0.25) is 0 Å². The molecule has 0 amide bonds. The van der Waals surface area contributed by atoms with Gasteiger partial charge in [0.15, 0.2) is 11.6 Å². The van der Waals surface area contributed by atoms with Gasteiger partial charge in [-0.25, -0.2) is 26.1 Å². The van der Waals surface area contributed by atoms with Crippen LogP contribution in [0, 0.1) is 12.1 Å². The Morgan fingerprint density at radius 3 is 1.46 bits per heavy atom.